The number of ether oxygens (including phenoxy) is 1. The summed E-state index contributed by atoms with van der Waals surface area (Å²) in [6.07, 6.45) is 4.93. The summed E-state index contributed by atoms with van der Waals surface area (Å²) in [5.41, 5.74) is 1.04. The predicted octanol–water partition coefficient (Wildman–Crippen LogP) is 4.67. The van der Waals surface area contributed by atoms with Gasteiger partial charge in [-0.25, -0.2) is 0 Å². The van der Waals surface area contributed by atoms with Crippen LogP contribution in [0, 0.1) is 5.92 Å². The van der Waals surface area contributed by atoms with Gasteiger partial charge in [-0.3, -0.25) is 0 Å². The normalized spacial score (nSPS) is 14.7. The van der Waals surface area contributed by atoms with E-state index in [1.807, 2.05) is 6.07 Å². The SMILES string of the molecule is CCCNCc1cc(Cl)cc(Cl)c1OCCC1CC1. The highest BCUT2D eigenvalue weighted by Crippen LogP contribution is 2.35. The second-order valence-electron chi connectivity index (χ2n) is 5.13. The van der Waals surface area contributed by atoms with Crippen molar-refractivity contribution in [3.05, 3.63) is 27.7 Å². The molecule has 0 atom stereocenters. The Morgan fingerprint density at radius 1 is 1.32 bits per heavy atom. The van der Waals surface area contributed by atoms with Gasteiger partial charge in [0.1, 0.15) is 5.75 Å². The van der Waals surface area contributed by atoms with Crippen molar-refractivity contribution < 1.29 is 4.74 Å². The van der Waals surface area contributed by atoms with Gasteiger partial charge >= 0.3 is 0 Å². The summed E-state index contributed by atoms with van der Waals surface area (Å²) in [7, 11) is 0. The lowest BCUT2D eigenvalue weighted by molar-refractivity contribution is 0.299. The van der Waals surface area contributed by atoms with Gasteiger partial charge in [0.15, 0.2) is 0 Å². The molecule has 1 aromatic rings. The van der Waals surface area contributed by atoms with Gasteiger partial charge in [-0.1, -0.05) is 43.0 Å². The number of nitrogens with one attached hydrogen (secondary N) is 1. The summed E-state index contributed by atoms with van der Waals surface area (Å²) in [4.78, 5) is 0. The average Bonchev–Trinajstić information content (AvgIpc) is 3.16. The highest BCUT2D eigenvalue weighted by molar-refractivity contribution is 6.35. The maximum absolute atomic E-state index is 6.24. The molecule has 0 amide bonds. The van der Waals surface area contributed by atoms with Gasteiger partial charge in [0, 0.05) is 17.1 Å². The lowest BCUT2D eigenvalue weighted by Gasteiger charge is -2.14. The zero-order valence-corrected chi connectivity index (χ0v) is 12.9. The van der Waals surface area contributed by atoms with E-state index >= 15 is 0 Å². The number of rotatable bonds is 8. The smallest absolute Gasteiger partial charge is 0.142 e. The summed E-state index contributed by atoms with van der Waals surface area (Å²) in [5.74, 6) is 1.66. The van der Waals surface area contributed by atoms with E-state index < -0.39 is 0 Å². The van der Waals surface area contributed by atoms with Crippen molar-refractivity contribution in [3.63, 3.8) is 0 Å². The van der Waals surface area contributed by atoms with Gasteiger partial charge < -0.3 is 10.1 Å². The first-order chi connectivity index (χ1) is 9.20. The van der Waals surface area contributed by atoms with Crippen LogP contribution < -0.4 is 10.1 Å². The molecule has 2 rings (SSSR count). The molecule has 0 aromatic heterocycles. The van der Waals surface area contributed by atoms with E-state index in [1.54, 1.807) is 6.07 Å². The average molecular weight is 302 g/mol. The summed E-state index contributed by atoms with van der Waals surface area (Å²) >= 11 is 12.3. The summed E-state index contributed by atoms with van der Waals surface area (Å²) < 4.78 is 5.87. The monoisotopic (exact) mass is 301 g/mol. The fourth-order valence-electron chi connectivity index (χ4n) is 2.04. The molecule has 0 aliphatic heterocycles. The zero-order chi connectivity index (χ0) is 13.7. The fourth-order valence-corrected chi connectivity index (χ4v) is 2.63. The first-order valence-electron chi connectivity index (χ1n) is 7.02. The van der Waals surface area contributed by atoms with Gasteiger partial charge in [0.25, 0.3) is 0 Å². The van der Waals surface area contributed by atoms with Crippen LogP contribution >= 0.6 is 23.2 Å². The molecule has 0 saturated heterocycles. The Morgan fingerprint density at radius 3 is 2.79 bits per heavy atom. The summed E-state index contributed by atoms with van der Waals surface area (Å²) in [6, 6.07) is 3.68. The molecule has 0 radical (unpaired) electrons. The Kier molecular flexibility index (Phi) is 5.80. The van der Waals surface area contributed by atoms with Crippen molar-refractivity contribution in [3.8, 4) is 5.75 Å². The molecule has 4 heteroatoms. The van der Waals surface area contributed by atoms with Crippen molar-refractivity contribution in [1.82, 2.24) is 5.32 Å². The highest BCUT2D eigenvalue weighted by atomic mass is 35.5. The van der Waals surface area contributed by atoms with E-state index in [2.05, 4.69) is 12.2 Å². The first kappa shape index (κ1) is 15.0. The quantitative estimate of drug-likeness (QED) is 0.704. The summed E-state index contributed by atoms with van der Waals surface area (Å²) in [6.45, 7) is 4.61. The highest BCUT2D eigenvalue weighted by Gasteiger charge is 2.21. The maximum Gasteiger partial charge on any atom is 0.142 e. The lowest BCUT2D eigenvalue weighted by atomic mass is 10.2. The number of hydrogen-bond acceptors (Lipinski definition) is 2. The fraction of sp³-hybridized carbons (Fsp3) is 0.600. The molecule has 106 valence electrons. The predicted molar refractivity (Wildman–Crippen MR) is 81.3 cm³/mol. The Balaban J connectivity index is 1.99. The van der Waals surface area contributed by atoms with Gasteiger partial charge in [-0.15, -0.1) is 0 Å². The Bertz CT molecular complexity index is 419. The molecule has 1 aliphatic carbocycles. The molecule has 1 aromatic carbocycles. The second-order valence-corrected chi connectivity index (χ2v) is 5.98. The third-order valence-corrected chi connectivity index (χ3v) is 3.80. The van der Waals surface area contributed by atoms with Crippen LogP contribution in [0.3, 0.4) is 0 Å². The Morgan fingerprint density at radius 2 is 2.11 bits per heavy atom. The standard InChI is InChI=1S/C15H21Cl2NO/c1-2-6-18-10-12-8-13(16)9-14(17)15(12)19-7-5-11-3-4-11/h8-9,11,18H,2-7,10H2,1H3. The Hall–Kier alpha value is -0.440. The van der Waals surface area contributed by atoms with E-state index in [0.29, 0.717) is 10.0 Å². The van der Waals surface area contributed by atoms with Gasteiger partial charge in [0.2, 0.25) is 0 Å². The molecule has 0 bridgehead atoms. The molecule has 1 saturated carbocycles. The molecule has 2 nitrogen and oxygen atoms in total. The molecule has 1 N–H and O–H groups in total. The molecule has 1 fully saturated rings. The zero-order valence-electron chi connectivity index (χ0n) is 11.3. The van der Waals surface area contributed by atoms with Crippen molar-refractivity contribution in [2.75, 3.05) is 13.2 Å². The first-order valence-corrected chi connectivity index (χ1v) is 7.77. The van der Waals surface area contributed by atoms with E-state index in [-0.39, 0.29) is 0 Å². The van der Waals surface area contributed by atoms with E-state index in [4.69, 9.17) is 27.9 Å². The molecular formula is C15H21Cl2NO. The molecule has 19 heavy (non-hydrogen) atoms. The van der Waals surface area contributed by atoms with Crippen LogP contribution in [-0.2, 0) is 6.54 Å². The van der Waals surface area contributed by atoms with Gasteiger partial charge in [0.05, 0.1) is 11.6 Å². The van der Waals surface area contributed by atoms with Crippen molar-refractivity contribution in [1.29, 1.82) is 0 Å². The van der Waals surface area contributed by atoms with Gasteiger partial charge in [-0.05, 0) is 37.4 Å². The minimum absolute atomic E-state index is 0.608. The van der Waals surface area contributed by atoms with Crippen LogP contribution in [0.15, 0.2) is 12.1 Å². The van der Waals surface area contributed by atoms with E-state index in [0.717, 1.165) is 49.8 Å². The molecular weight excluding hydrogens is 281 g/mol. The van der Waals surface area contributed by atoms with E-state index in [1.165, 1.54) is 12.8 Å². The topological polar surface area (TPSA) is 21.3 Å². The van der Waals surface area contributed by atoms with Crippen LogP contribution in [0.4, 0.5) is 0 Å². The maximum atomic E-state index is 6.24. The largest absolute Gasteiger partial charge is 0.492 e. The Labute approximate surface area is 125 Å². The number of benzene rings is 1. The third-order valence-electron chi connectivity index (χ3n) is 3.30. The second kappa shape index (κ2) is 7.37. The van der Waals surface area contributed by atoms with Crippen LogP contribution in [0.1, 0.15) is 38.2 Å². The summed E-state index contributed by atoms with van der Waals surface area (Å²) in [5, 5.41) is 4.63. The van der Waals surface area contributed by atoms with Gasteiger partial charge in [-0.2, -0.15) is 0 Å². The van der Waals surface area contributed by atoms with Crippen LogP contribution in [-0.4, -0.2) is 13.2 Å². The van der Waals surface area contributed by atoms with Crippen molar-refractivity contribution in [2.24, 2.45) is 5.92 Å². The van der Waals surface area contributed by atoms with Crippen LogP contribution in [0.5, 0.6) is 5.75 Å². The minimum Gasteiger partial charge on any atom is -0.492 e. The lowest BCUT2D eigenvalue weighted by Crippen LogP contribution is -2.15. The third kappa shape index (κ3) is 4.87. The number of halogens is 2. The minimum atomic E-state index is 0.608. The van der Waals surface area contributed by atoms with Crippen molar-refractivity contribution >= 4 is 23.2 Å². The molecule has 1 aliphatic rings. The van der Waals surface area contributed by atoms with Crippen LogP contribution in [0.25, 0.3) is 0 Å². The van der Waals surface area contributed by atoms with E-state index in [9.17, 15) is 0 Å². The molecule has 0 unspecified atom stereocenters. The van der Waals surface area contributed by atoms with Crippen LogP contribution in [0.2, 0.25) is 10.0 Å². The number of hydrogen-bond donors (Lipinski definition) is 1. The molecule has 0 heterocycles. The van der Waals surface area contributed by atoms with Crippen molar-refractivity contribution in [2.45, 2.75) is 39.2 Å². The molecule has 0 spiro atoms.